The van der Waals surface area contributed by atoms with Crippen LogP contribution in [0.3, 0.4) is 0 Å². The number of rotatable bonds is 0. The van der Waals surface area contributed by atoms with E-state index in [2.05, 4.69) is 0 Å². The predicted molar refractivity (Wildman–Crippen MR) is 31.4 cm³/mol. The number of quaternary nitrogens is 1. The zero-order valence-electron chi connectivity index (χ0n) is 6.95. The van der Waals surface area contributed by atoms with Gasteiger partial charge in [0.25, 0.3) is 7.82 Å². The summed E-state index contributed by atoms with van der Waals surface area (Å²) in [6.07, 6.45) is 0. The molecular weight excluding hydrogens is 267 g/mol. The zero-order chi connectivity index (χ0) is 9.00. The fourth-order valence-corrected chi connectivity index (χ4v) is 0. The number of phosphoric acid groups is 2. The first kappa shape index (κ1) is 29.6. The normalized spacial score (nSPS) is 9.08. The van der Waals surface area contributed by atoms with Crippen molar-refractivity contribution < 1.29 is 89.9 Å². The third kappa shape index (κ3) is 346. The molecule has 0 aromatic heterocycles. The minimum Gasteiger partial charge on any atom is -0.822 e. The summed E-state index contributed by atoms with van der Waals surface area (Å²) in [5.41, 5.74) is 0. The van der Waals surface area contributed by atoms with E-state index >= 15 is 0 Å². The van der Waals surface area contributed by atoms with Gasteiger partial charge >= 0.3 is 74.4 Å². The summed E-state index contributed by atoms with van der Waals surface area (Å²) in [6.45, 7) is 0. The molecular formula is H6KMgNO8P2. The molecule has 0 aromatic rings. The Balaban J connectivity index is -0.0000000267. The van der Waals surface area contributed by atoms with Gasteiger partial charge in [0.15, 0.2) is 0 Å². The van der Waals surface area contributed by atoms with Crippen LogP contribution in [0.2, 0.25) is 0 Å². The van der Waals surface area contributed by atoms with Crippen LogP contribution >= 0.6 is 15.6 Å². The van der Waals surface area contributed by atoms with Crippen molar-refractivity contribution in [3.8, 4) is 0 Å². The van der Waals surface area contributed by atoms with Gasteiger partial charge in [-0.05, 0) is 0 Å². The quantitative estimate of drug-likeness (QED) is 0.285. The first-order valence-corrected chi connectivity index (χ1v) is 4.49. The molecule has 0 atom stereocenters. The number of hydrogen-bond donors (Lipinski definition) is 3. The molecule has 0 spiro atoms. The van der Waals surface area contributed by atoms with E-state index in [1.54, 1.807) is 0 Å². The van der Waals surface area contributed by atoms with Crippen LogP contribution in [-0.4, -0.2) is 32.8 Å². The molecule has 0 fully saturated rings. The van der Waals surface area contributed by atoms with Crippen LogP contribution in [0.25, 0.3) is 0 Å². The van der Waals surface area contributed by atoms with Crippen LogP contribution < -0.4 is 77.1 Å². The van der Waals surface area contributed by atoms with Crippen molar-refractivity contribution in [2.24, 2.45) is 0 Å². The van der Waals surface area contributed by atoms with Gasteiger partial charge in [-0.3, -0.25) is 4.57 Å². The summed E-state index contributed by atoms with van der Waals surface area (Å²) < 4.78 is 17.3. The Labute approximate surface area is 133 Å². The van der Waals surface area contributed by atoms with Crippen LogP contribution in [0.1, 0.15) is 0 Å². The van der Waals surface area contributed by atoms with E-state index in [1.807, 2.05) is 0 Å². The van der Waals surface area contributed by atoms with Gasteiger partial charge in [-0.1, -0.05) is 0 Å². The Morgan fingerprint density at radius 1 is 0.923 bits per heavy atom. The van der Waals surface area contributed by atoms with Crippen molar-refractivity contribution in [3.05, 3.63) is 0 Å². The van der Waals surface area contributed by atoms with E-state index < -0.39 is 15.6 Å². The standard InChI is InChI=1S/K.Mg.H3N.2H3O4P/c;;;2*1-5(2,3)4/h;;1H3;2*(H3,1,2,3,4)/q+1;+2;;;/p-3. The van der Waals surface area contributed by atoms with Gasteiger partial charge in [0, 0.05) is 0 Å². The van der Waals surface area contributed by atoms with Gasteiger partial charge in [-0.2, -0.15) is 7.82 Å². The second kappa shape index (κ2) is 12.7. The van der Waals surface area contributed by atoms with E-state index in [1.165, 1.54) is 0 Å². The molecule has 0 saturated carbocycles. The Kier molecular flexibility index (Phi) is 28.8. The Hall–Kier alpha value is 2.58. The minimum atomic E-state index is -5.39. The Morgan fingerprint density at radius 3 is 0.923 bits per heavy atom. The predicted octanol–water partition coefficient (Wildman–Crippen LogP) is -7.39. The molecule has 72 valence electrons. The molecule has 0 aliphatic heterocycles. The van der Waals surface area contributed by atoms with Crippen molar-refractivity contribution in [3.63, 3.8) is 0 Å². The molecule has 0 unspecified atom stereocenters. The van der Waals surface area contributed by atoms with Gasteiger partial charge < -0.3 is 40.1 Å². The van der Waals surface area contributed by atoms with Gasteiger partial charge in [-0.15, -0.1) is 0 Å². The van der Waals surface area contributed by atoms with Crippen molar-refractivity contribution in [1.29, 1.82) is 0 Å². The molecule has 0 saturated heterocycles. The van der Waals surface area contributed by atoms with E-state index in [0.717, 1.165) is 0 Å². The topological polar surface area (TPSA) is 203 Å². The SMILES string of the molecule is O=P([O-])(O)O.O=P([O-])([O-])[O-].[K+].[Mg+2].[NH4+]. The van der Waals surface area contributed by atoms with Gasteiger partial charge in [0.05, 0.1) is 0 Å². The largest absolute Gasteiger partial charge is 2.00 e. The van der Waals surface area contributed by atoms with Crippen LogP contribution in [0.15, 0.2) is 0 Å². The molecule has 0 radical (unpaired) electrons. The molecule has 0 aliphatic rings. The van der Waals surface area contributed by atoms with Gasteiger partial charge in [0.2, 0.25) is 0 Å². The van der Waals surface area contributed by atoms with E-state index in [4.69, 9.17) is 38.5 Å². The summed E-state index contributed by atoms with van der Waals surface area (Å²) in [5.74, 6) is 0. The van der Waals surface area contributed by atoms with E-state index in [0.29, 0.717) is 0 Å². The van der Waals surface area contributed by atoms with E-state index in [-0.39, 0.29) is 80.6 Å². The molecule has 0 bridgehead atoms. The molecule has 9 nitrogen and oxygen atoms in total. The fraction of sp³-hybridized carbons (Fsp3) is 0. The summed E-state index contributed by atoms with van der Waals surface area (Å²) in [4.78, 5) is 48.6. The van der Waals surface area contributed by atoms with Gasteiger partial charge in [-0.25, -0.2) is 0 Å². The third-order valence-corrected chi connectivity index (χ3v) is 0. The Bertz CT molecular complexity index is 134. The second-order valence-corrected chi connectivity index (χ2v) is 2.81. The smallest absolute Gasteiger partial charge is 0.822 e. The molecule has 13 heavy (non-hydrogen) atoms. The summed E-state index contributed by atoms with van der Waals surface area (Å²) in [6, 6.07) is 0. The van der Waals surface area contributed by atoms with Crippen LogP contribution in [0.5, 0.6) is 0 Å². The number of hydrogen-bond acceptors (Lipinski definition) is 6. The summed E-state index contributed by atoms with van der Waals surface area (Å²) in [5, 5.41) is 0. The maximum atomic E-state index is 8.77. The van der Waals surface area contributed by atoms with Crippen LogP contribution in [-0.2, 0) is 9.13 Å². The van der Waals surface area contributed by atoms with Crippen LogP contribution in [0.4, 0.5) is 0 Å². The maximum absolute atomic E-state index is 8.77. The average Bonchev–Trinajstić information content (AvgIpc) is 1.12. The molecule has 13 heteroatoms. The first-order valence-electron chi connectivity index (χ1n) is 1.50. The average molecular weight is 273 g/mol. The molecule has 0 heterocycles. The van der Waals surface area contributed by atoms with Crippen molar-refractivity contribution >= 4 is 38.7 Å². The second-order valence-electron chi connectivity index (χ2n) is 0.938. The van der Waals surface area contributed by atoms with E-state index in [9.17, 15) is 0 Å². The summed E-state index contributed by atoms with van der Waals surface area (Å²) in [7, 11) is -10.3. The molecule has 0 aromatic carbocycles. The van der Waals surface area contributed by atoms with Crippen molar-refractivity contribution in [2.45, 2.75) is 0 Å². The van der Waals surface area contributed by atoms with Crippen LogP contribution in [0, 0.1) is 0 Å². The van der Waals surface area contributed by atoms with Crippen molar-refractivity contribution in [1.82, 2.24) is 6.15 Å². The monoisotopic (exact) mass is 273 g/mol. The molecule has 6 N–H and O–H groups in total. The minimum absolute atomic E-state index is 0. The Morgan fingerprint density at radius 2 is 0.923 bits per heavy atom. The third-order valence-electron chi connectivity index (χ3n) is 0. The maximum Gasteiger partial charge on any atom is 2.00 e. The molecule has 0 rings (SSSR count). The zero-order valence-corrected chi connectivity index (χ0v) is 13.3. The van der Waals surface area contributed by atoms with Gasteiger partial charge in [0.1, 0.15) is 0 Å². The van der Waals surface area contributed by atoms with Crippen molar-refractivity contribution in [2.75, 3.05) is 0 Å². The fourth-order valence-electron chi connectivity index (χ4n) is 0. The summed E-state index contributed by atoms with van der Waals surface area (Å²) >= 11 is 0. The molecule has 0 aliphatic carbocycles. The first-order chi connectivity index (χ1) is 4.00. The molecule has 0 amide bonds.